The summed E-state index contributed by atoms with van der Waals surface area (Å²) in [5, 5.41) is 0. The molecule has 1 aromatic rings. The Morgan fingerprint density at radius 2 is 1.67 bits per heavy atom. The third kappa shape index (κ3) is 4.09. The molecule has 0 radical (unpaired) electrons. The first-order valence-corrected chi connectivity index (χ1v) is 6.98. The average Bonchev–Trinajstić information content (AvgIpc) is 2.59. The Hall–Kier alpha value is -0.900. The predicted octanol–water partition coefficient (Wildman–Crippen LogP) is 1.46. The van der Waals surface area contributed by atoms with E-state index in [0.717, 1.165) is 32.7 Å². The quantitative estimate of drug-likeness (QED) is 0.874. The van der Waals surface area contributed by atoms with Crippen LogP contribution in [0.5, 0.6) is 0 Å². The standard InChI is InChI=1S/C15H25N3/c1-14-3-5-15(6-4-14)13-18-9-2-8-17(10-7-16)11-12-18/h3-6H,2,7-13,16H2,1H3. The van der Waals surface area contributed by atoms with E-state index in [9.17, 15) is 0 Å². The number of rotatable bonds is 4. The van der Waals surface area contributed by atoms with E-state index >= 15 is 0 Å². The molecule has 2 rings (SSSR count). The van der Waals surface area contributed by atoms with E-state index in [1.165, 1.54) is 30.6 Å². The van der Waals surface area contributed by atoms with Crippen molar-refractivity contribution in [3.8, 4) is 0 Å². The maximum Gasteiger partial charge on any atom is 0.0234 e. The van der Waals surface area contributed by atoms with Gasteiger partial charge in [0.05, 0.1) is 0 Å². The Labute approximate surface area is 111 Å². The minimum absolute atomic E-state index is 0.776. The molecule has 1 fully saturated rings. The van der Waals surface area contributed by atoms with E-state index < -0.39 is 0 Å². The molecule has 100 valence electrons. The molecule has 0 saturated carbocycles. The highest BCUT2D eigenvalue weighted by Gasteiger charge is 2.14. The van der Waals surface area contributed by atoms with Crippen molar-refractivity contribution in [2.75, 3.05) is 39.3 Å². The molecule has 0 unspecified atom stereocenters. The first-order chi connectivity index (χ1) is 8.78. The van der Waals surface area contributed by atoms with Crippen molar-refractivity contribution in [2.24, 2.45) is 5.73 Å². The van der Waals surface area contributed by atoms with Gasteiger partial charge in [0, 0.05) is 32.7 Å². The number of benzene rings is 1. The van der Waals surface area contributed by atoms with Crippen LogP contribution in [0.3, 0.4) is 0 Å². The summed E-state index contributed by atoms with van der Waals surface area (Å²) < 4.78 is 0. The minimum Gasteiger partial charge on any atom is -0.329 e. The van der Waals surface area contributed by atoms with E-state index in [1.807, 2.05) is 0 Å². The van der Waals surface area contributed by atoms with Gasteiger partial charge in [-0.1, -0.05) is 29.8 Å². The van der Waals surface area contributed by atoms with Crippen LogP contribution in [0.15, 0.2) is 24.3 Å². The lowest BCUT2D eigenvalue weighted by Crippen LogP contribution is -2.33. The van der Waals surface area contributed by atoms with Gasteiger partial charge in [0.15, 0.2) is 0 Å². The van der Waals surface area contributed by atoms with Crippen LogP contribution in [0.4, 0.5) is 0 Å². The summed E-state index contributed by atoms with van der Waals surface area (Å²) in [5.74, 6) is 0. The van der Waals surface area contributed by atoms with Gasteiger partial charge in [0.2, 0.25) is 0 Å². The van der Waals surface area contributed by atoms with Crippen molar-refractivity contribution in [2.45, 2.75) is 19.9 Å². The van der Waals surface area contributed by atoms with Crippen molar-refractivity contribution in [1.82, 2.24) is 9.80 Å². The van der Waals surface area contributed by atoms with Crippen LogP contribution in [0, 0.1) is 6.92 Å². The van der Waals surface area contributed by atoms with E-state index in [0.29, 0.717) is 0 Å². The van der Waals surface area contributed by atoms with Crippen LogP contribution in [0.2, 0.25) is 0 Å². The highest BCUT2D eigenvalue weighted by atomic mass is 15.2. The summed E-state index contributed by atoms with van der Waals surface area (Å²) in [6.07, 6.45) is 1.26. The molecule has 3 heteroatoms. The molecule has 1 heterocycles. The molecule has 0 aromatic heterocycles. The first kappa shape index (κ1) is 13.5. The van der Waals surface area contributed by atoms with Gasteiger partial charge in [-0.3, -0.25) is 4.90 Å². The molecule has 1 saturated heterocycles. The fourth-order valence-electron chi connectivity index (χ4n) is 2.54. The molecular weight excluding hydrogens is 222 g/mol. The third-order valence-corrected chi connectivity index (χ3v) is 3.65. The smallest absolute Gasteiger partial charge is 0.0234 e. The molecule has 3 nitrogen and oxygen atoms in total. The number of hydrogen-bond donors (Lipinski definition) is 1. The van der Waals surface area contributed by atoms with Crippen molar-refractivity contribution in [1.29, 1.82) is 0 Å². The average molecular weight is 247 g/mol. The maximum atomic E-state index is 5.63. The Morgan fingerprint density at radius 3 is 2.39 bits per heavy atom. The molecule has 0 amide bonds. The van der Waals surface area contributed by atoms with E-state index in [2.05, 4.69) is 41.0 Å². The van der Waals surface area contributed by atoms with E-state index in [4.69, 9.17) is 5.73 Å². The fraction of sp³-hybridized carbons (Fsp3) is 0.600. The summed E-state index contributed by atoms with van der Waals surface area (Å²) in [7, 11) is 0. The number of nitrogens with two attached hydrogens (primary N) is 1. The van der Waals surface area contributed by atoms with Gasteiger partial charge in [0.1, 0.15) is 0 Å². The zero-order valence-electron chi connectivity index (χ0n) is 11.4. The lowest BCUT2D eigenvalue weighted by atomic mass is 10.1. The van der Waals surface area contributed by atoms with Crippen LogP contribution in [0.25, 0.3) is 0 Å². The fourth-order valence-corrected chi connectivity index (χ4v) is 2.54. The topological polar surface area (TPSA) is 32.5 Å². The predicted molar refractivity (Wildman–Crippen MR) is 76.6 cm³/mol. The zero-order valence-corrected chi connectivity index (χ0v) is 11.4. The largest absolute Gasteiger partial charge is 0.329 e. The van der Waals surface area contributed by atoms with Crippen LogP contribution in [-0.2, 0) is 6.54 Å². The monoisotopic (exact) mass is 247 g/mol. The van der Waals surface area contributed by atoms with Gasteiger partial charge in [-0.05, 0) is 32.0 Å². The maximum absolute atomic E-state index is 5.63. The van der Waals surface area contributed by atoms with Crippen molar-refractivity contribution in [3.05, 3.63) is 35.4 Å². The van der Waals surface area contributed by atoms with Crippen molar-refractivity contribution >= 4 is 0 Å². The molecule has 1 aliphatic rings. The first-order valence-electron chi connectivity index (χ1n) is 6.98. The number of nitrogens with zero attached hydrogens (tertiary/aromatic N) is 2. The highest BCUT2D eigenvalue weighted by Crippen LogP contribution is 2.10. The summed E-state index contributed by atoms with van der Waals surface area (Å²) in [5.41, 5.74) is 8.39. The second-order valence-corrected chi connectivity index (χ2v) is 5.25. The Bertz CT molecular complexity index is 347. The highest BCUT2D eigenvalue weighted by molar-refractivity contribution is 5.21. The second kappa shape index (κ2) is 6.88. The lowest BCUT2D eigenvalue weighted by molar-refractivity contribution is 0.255. The van der Waals surface area contributed by atoms with Gasteiger partial charge in [-0.25, -0.2) is 0 Å². The summed E-state index contributed by atoms with van der Waals surface area (Å²) >= 11 is 0. The molecule has 0 bridgehead atoms. The lowest BCUT2D eigenvalue weighted by Gasteiger charge is -2.21. The SMILES string of the molecule is Cc1ccc(CN2CCCN(CCN)CC2)cc1. The van der Waals surface area contributed by atoms with Gasteiger partial charge in [-0.15, -0.1) is 0 Å². The molecule has 1 aromatic carbocycles. The van der Waals surface area contributed by atoms with Crippen LogP contribution < -0.4 is 5.73 Å². The van der Waals surface area contributed by atoms with Gasteiger partial charge in [-0.2, -0.15) is 0 Å². The molecule has 0 atom stereocenters. The molecular formula is C15H25N3. The molecule has 1 aliphatic heterocycles. The van der Waals surface area contributed by atoms with E-state index in [-0.39, 0.29) is 0 Å². The molecule has 2 N–H and O–H groups in total. The van der Waals surface area contributed by atoms with Crippen molar-refractivity contribution in [3.63, 3.8) is 0 Å². The Kier molecular flexibility index (Phi) is 5.17. The number of hydrogen-bond acceptors (Lipinski definition) is 3. The summed E-state index contributed by atoms with van der Waals surface area (Å²) in [4.78, 5) is 5.04. The van der Waals surface area contributed by atoms with Gasteiger partial charge < -0.3 is 10.6 Å². The number of aryl methyl sites for hydroxylation is 1. The van der Waals surface area contributed by atoms with E-state index in [1.54, 1.807) is 0 Å². The zero-order chi connectivity index (χ0) is 12.8. The second-order valence-electron chi connectivity index (χ2n) is 5.25. The summed E-state index contributed by atoms with van der Waals surface area (Å²) in [6.45, 7) is 9.75. The molecule has 0 spiro atoms. The summed E-state index contributed by atoms with van der Waals surface area (Å²) in [6, 6.07) is 8.90. The third-order valence-electron chi connectivity index (χ3n) is 3.65. The normalized spacial score (nSPS) is 18.8. The minimum atomic E-state index is 0.776. The molecule has 18 heavy (non-hydrogen) atoms. The van der Waals surface area contributed by atoms with Crippen LogP contribution in [0.1, 0.15) is 17.5 Å². The Morgan fingerprint density at radius 1 is 1.00 bits per heavy atom. The van der Waals surface area contributed by atoms with Crippen LogP contribution in [-0.4, -0.2) is 49.1 Å². The molecule has 0 aliphatic carbocycles. The van der Waals surface area contributed by atoms with Crippen molar-refractivity contribution < 1.29 is 0 Å². The van der Waals surface area contributed by atoms with Crippen LogP contribution >= 0.6 is 0 Å². The van der Waals surface area contributed by atoms with Gasteiger partial charge in [0.25, 0.3) is 0 Å². The Balaban J connectivity index is 1.84. The van der Waals surface area contributed by atoms with Gasteiger partial charge >= 0.3 is 0 Å².